The van der Waals surface area contributed by atoms with Crippen LogP contribution < -0.4 is 5.73 Å². The van der Waals surface area contributed by atoms with E-state index >= 15 is 0 Å². The minimum absolute atomic E-state index is 0.0686. The first kappa shape index (κ1) is 13.4. The van der Waals surface area contributed by atoms with Crippen LogP contribution in [0.15, 0.2) is 0 Å². The Morgan fingerprint density at radius 1 is 1.56 bits per heavy atom. The van der Waals surface area contributed by atoms with Crippen molar-refractivity contribution >= 4 is 15.8 Å². The van der Waals surface area contributed by atoms with E-state index in [2.05, 4.69) is 0 Å². The number of sulfone groups is 1. The molecule has 1 unspecified atom stereocenters. The Morgan fingerprint density at radius 3 is 2.62 bits per heavy atom. The molecule has 94 valence electrons. The zero-order valence-corrected chi connectivity index (χ0v) is 10.2. The molecule has 1 saturated heterocycles. The summed E-state index contributed by atoms with van der Waals surface area (Å²) in [5, 5.41) is 8.89. The zero-order valence-electron chi connectivity index (χ0n) is 9.35. The molecule has 1 heterocycles. The zero-order chi connectivity index (χ0) is 12.4. The monoisotopic (exact) mass is 250 g/mol. The molecule has 1 fully saturated rings. The van der Waals surface area contributed by atoms with Crippen molar-refractivity contribution in [3.8, 4) is 0 Å². The first-order chi connectivity index (χ1) is 7.29. The molecule has 3 N–H and O–H groups in total. The highest BCUT2D eigenvalue weighted by molar-refractivity contribution is 7.91. The van der Waals surface area contributed by atoms with E-state index in [0.717, 1.165) is 0 Å². The first-order valence-electron chi connectivity index (χ1n) is 5.24. The van der Waals surface area contributed by atoms with Crippen molar-refractivity contribution in [1.29, 1.82) is 0 Å². The van der Waals surface area contributed by atoms with E-state index in [1.165, 1.54) is 0 Å². The van der Waals surface area contributed by atoms with Gasteiger partial charge < -0.3 is 10.8 Å². The summed E-state index contributed by atoms with van der Waals surface area (Å²) >= 11 is 0. The highest BCUT2D eigenvalue weighted by atomic mass is 32.2. The average molecular weight is 250 g/mol. The van der Waals surface area contributed by atoms with E-state index in [4.69, 9.17) is 10.8 Å². The Balaban J connectivity index is 2.47. The van der Waals surface area contributed by atoms with Gasteiger partial charge in [0.05, 0.1) is 5.75 Å². The molecule has 1 aliphatic rings. The predicted molar refractivity (Wildman–Crippen MR) is 59.9 cm³/mol. The van der Waals surface area contributed by atoms with Gasteiger partial charge >= 0.3 is 5.97 Å². The summed E-state index contributed by atoms with van der Waals surface area (Å²) in [5.74, 6) is -0.833. The van der Waals surface area contributed by atoms with Crippen molar-refractivity contribution in [2.75, 3.05) is 31.1 Å². The highest BCUT2D eigenvalue weighted by Gasteiger charge is 2.41. The molecule has 0 spiro atoms. The van der Waals surface area contributed by atoms with E-state index in [-0.39, 0.29) is 18.1 Å². The smallest absolute Gasteiger partial charge is 0.325 e. The molecule has 0 aromatic carbocycles. The Kier molecular flexibility index (Phi) is 3.92. The maximum Gasteiger partial charge on any atom is 0.325 e. The largest absolute Gasteiger partial charge is 0.480 e. The predicted octanol–water partition coefficient (Wildman–Crippen LogP) is -1.09. The van der Waals surface area contributed by atoms with Gasteiger partial charge in [-0.1, -0.05) is 6.92 Å². The van der Waals surface area contributed by atoms with Crippen LogP contribution in [0.1, 0.15) is 13.3 Å². The van der Waals surface area contributed by atoms with E-state index in [0.29, 0.717) is 19.5 Å². The number of carboxylic acids is 1. The molecule has 0 amide bonds. The van der Waals surface area contributed by atoms with Gasteiger partial charge in [-0.05, 0) is 6.42 Å². The summed E-state index contributed by atoms with van der Waals surface area (Å²) in [6.07, 6.45) is 0.370. The third-order valence-corrected chi connectivity index (χ3v) is 4.65. The molecule has 1 aliphatic heterocycles. The molecule has 16 heavy (non-hydrogen) atoms. The van der Waals surface area contributed by atoms with Crippen LogP contribution in [0, 0.1) is 0 Å². The van der Waals surface area contributed by atoms with Crippen LogP contribution in [0.5, 0.6) is 0 Å². The summed E-state index contributed by atoms with van der Waals surface area (Å²) in [6.45, 7) is 2.73. The lowest BCUT2D eigenvalue weighted by atomic mass is 10.0. The molecule has 0 aliphatic carbocycles. The lowest BCUT2D eigenvalue weighted by Gasteiger charge is -2.19. The SMILES string of the molecule is CCS(=O)(=O)CCN1CCC(N)(C(=O)O)C1. The van der Waals surface area contributed by atoms with Gasteiger partial charge in [-0.25, -0.2) is 8.42 Å². The number of nitrogens with two attached hydrogens (primary N) is 1. The number of aliphatic carboxylic acids is 1. The molecule has 0 saturated carbocycles. The van der Waals surface area contributed by atoms with Crippen molar-refractivity contribution in [3.05, 3.63) is 0 Å². The van der Waals surface area contributed by atoms with E-state index in [1.54, 1.807) is 11.8 Å². The lowest BCUT2D eigenvalue weighted by molar-refractivity contribution is -0.142. The average Bonchev–Trinajstić information content (AvgIpc) is 2.59. The van der Waals surface area contributed by atoms with E-state index in [1.807, 2.05) is 0 Å². The van der Waals surface area contributed by atoms with E-state index < -0.39 is 21.3 Å². The Labute approximate surface area is 95.3 Å². The number of hydrogen-bond acceptors (Lipinski definition) is 5. The molecule has 0 bridgehead atoms. The van der Waals surface area contributed by atoms with Crippen LogP contribution in [-0.4, -0.2) is 61.1 Å². The topological polar surface area (TPSA) is 101 Å². The fourth-order valence-corrected chi connectivity index (χ4v) is 2.52. The molecule has 0 aromatic rings. The lowest BCUT2D eigenvalue weighted by Crippen LogP contribution is -2.50. The second-order valence-electron chi connectivity index (χ2n) is 4.22. The molecule has 0 aromatic heterocycles. The maximum atomic E-state index is 11.3. The van der Waals surface area contributed by atoms with Gasteiger partial charge in [0.15, 0.2) is 9.84 Å². The van der Waals surface area contributed by atoms with Crippen LogP contribution in [0.4, 0.5) is 0 Å². The number of carbonyl (C=O) groups is 1. The maximum absolute atomic E-state index is 11.3. The van der Waals surface area contributed by atoms with Crippen molar-refractivity contribution in [3.63, 3.8) is 0 Å². The number of nitrogens with zero attached hydrogens (tertiary/aromatic N) is 1. The third-order valence-electron chi connectivity index (χ3n) is 2.96. The van der Waals surface area contributed by atoms with Gasteiger partial charge in [-0.15, -0.1) is 0 Å². The standard InChI is InChI=1S/C9H18N2O4S/c1-2-16(14,15)6-5-11-4-3-9(10,7-11)8(12)13/h2-7,10H2,1H3,(H,12,13). The summed E-state index contributed by atoms with van der Waals surface area (Å²) < 4.78 is 22.6. The summed E-state index contributed by atoms with van der Waals surface area (Å²) in [6, 6.07) is 0. The molecular weight excluding hydrogens is 232 g/mol. The van der Waals surface area contributed by atoms with Crippen molar-refractivity contribution in [2.24, 2.45) is 5.73 Å². The Hall–Kier alpha value is -0.660. The van der Waals surface area contributed by atoms with Gasteiger partial charge in [0.2, 0.25) is 0 Å². The molecule has 1 rings (SSSR count). The van der Waals surface area contributed by atoms with Crippen LogP contribution in [0.3, 0.4) is 0 Å². The van der Waals surface area contributed by atoms with Crippen molar-refractivity contribution in [1.82, 2.24) is 4.90 Å². The minimum atomic E-state index is -2.99. The Morgan fingerprint density at radius 2 is 2.19 bits per heavy atom. The first-order valence-corrected chi connectivity index (χ1v) is 7.06. The second-order valence-corrected chi connectivity index (χ2v) is 6.70. The van der Waals surface area contributed by atoms with Gasteiger partial charge in [-0.3, -0.25) is 9.69 Å². The van der Waals surface area contributed by atoms with Crippen LogP contribution in [0.2, 0.25) is 0 Å². The number of rotatable bonds is 5. The van der Waals surface area contributed by atoms with E-state index in [9.17, 15) is 13.2 Å². The normalized spacial score (nSPS) is 27.1. The fraction of sp³-hybridized carbons (Fsp3) is 0.889. The highest BCUT2D eigenvalue weighted by Crippen LogP contribution is 2.18. The molecule has 0 radical (unpaired) electrons. The molecule has 6 nitrogen and oxygen atoms in total. The Bertz CT molecular complexity index is 368. The molecule has 7 heteroatoms. The number of carboxylic acid groups (broad SMARTS) is 1. The molecule has 1 atom stereocenters. The van der Waals surface area contributed by atoms with Crippen LogP contribution >= 0.6 is 0 Å². The van der Waals surface area contributed by atoms with Crippen LogP contribution in [-0.2, 0) is 14.6 Å². The van der Waals surface area contributed by atoms with Crippen molar-refractivity contribution in [2.45, 2.75) is 18.9 Å². The van der Waals surface area contributed by atoms with Gasteiger partial charge in [0, 0.05) is 25.4 Å². The number of hydrogen-bond donors (Lipinski definition) is 2. The van der Waals surface area contributed by atoms with Gasteiger partial charge in [0.1, 0.15) is 5.54 Å². The van der Waals surface area contributed by atoms with Crippen LogP contribution in [0.25, 0.3) is 0 Å². The van der Waals surface area contributed by atoms with Crippen molar-refractivity contribution < 1.29 is 18.3 Å². The van der Waals surface area contributed by atoms with Gasteiger partial charge in [0.25, 0.3) is 0 Å². The molecular formula is C9H18N2O4S. The minimum Gasteiger partial charge on any atom is -0.480 e. The summed E-state index contributed by atoms with van der Waals surface area (Å²) in [5.41, 5.74) is 4.46. The quantitative estimate of drug-likeness (QED) is 0.643. The number of likely N-dealkylation sites (tertiary alicyclic amines) is 1. The van der Waals surface area contributed by atoms with Gasteiger partial charge in [-0.2, -0.15) is 0 Å². The fourth-order valence-electron chi connectivity index (χ4n) is 1.69. The summed E-state index contributed by atoms with van der Waals surface area (Å²) in [4.78, 5) is 12.6. The summed E-state index contributed by atoms with van der Waals surface area (Å²) in [7, 11) is -2.99. The third kappa shape index (κ3) is 3.16. The second kappa shape index (κ2) is 4.68.